The van der Waals surface area contributed by atoms with E-state index >= 15 is 0 Å². The van der Waals surface area contributed by atoms with Gasteiger partial charge in [-0.05, 0) is 33.3 Å². The third-order valence-electron chi connectivity index (χ3n) is 2.85. The number of hydrogen-bond acceptors (Lipinski definition) is 3. The van der Waals surface area contributed by atoms with Gasteiger partial charge in [0.25, 0.3) is 0 Å². The standard InChI is InChI=1S/C15H20N2O/c1-5-7-15(18)11(2)12(3)17-13(4)14-8-6-9-16-10-14/h6,8-10H,5,7H2,1-4H3/b12-11+,17-13?. The van der Waals surface area contributed by atoms with Gasteiger partial charge in [0.2, 0.25) is 0 Å². The van der Waals surface area contributed by atoms with Crippen molar-refractivity contribution in [3.05, 3.63) is 41.4 Å². The van der Waals surface area contributed by atoms with Crippen molar-refractivity contribution >= 4 is 11.5 Å². The molecule has 0 bridgehead atoms. The summed E-state index contributed by atoms with van der Waals surface area (Å²) in [6.45, 7) is 7.65. The summed E-state index contributed by atoms with van der Waals surface area (Å²) in [5.74, 6) is 0.178. The van der Waals surface area contributed by atoms with Gasteiger partial charge in [-0.15, -0.1) is 0 Å². The fourth-order valence-corrected chi connectivity index (χ4v) is 1.59. The first-order valence-corrected chi connectivity index (χ1v) is 6.22. The number of pyridine rings is 1. The molecule has 0 aliphatic rings. The molecule has 0 saturated carbocycles. The molecule has 0 fully saturated rings. The number of hydrogen-bond donors (Lipinski definition) is 0. The molecule has 0 aliphatic carbocycles. The fraction of sp³-hybridized carbons (Fsp3) is 0.400. The van der Waals surface area contributed by atoms with Crippen LogP contribution in [0.25, 0.3) is 0 Å². The maximum absolute atomic E-state index is 11.8. The Kier molecular flexibility index (Phi) is 5.43. The van der Waals surface area contributed by atoms with Gasteiger partial charge in [0.1, 0.15) is 0 Å². The lowest BCUT2D eigenvalue weighted by Gasteiger charge is -2.04. The lowest BCUT2D eigenvalue weighted by molar-refractivity contribution is -0.115. The normalized spacial score (nSPS) is 13.2. The van der Waals surface area contributed by atoms with Crippen molar-refractivity contribution in [1.29, 1.82) is 0 Å². The number of aromatic nitrogens is 1. The SMILES string of the molecule is CCCC(=O)/C(C)=C(\C)N=C(C)c1cccnc1. The summed E-state index contributed by atoms with van der Waals surface area (Å²) in [5.41, 5.74) is 3.40. The lowest BCUT2D eigenvalue weighted by atomic mass is 10.1. The maximum atomic E-state index is 11.8. The van der Waals surface area contributed by atoms with Gasteiger partial charge < -0.3 is 0 Å². The van der Waals surface area contributed by atoms with Crippen molar-refractivity contribution in [3.8, 4) is 0 Å². The predicted molar refractivity (Wildman–Crippen MR) is 74.7 cm³/mol. The van der Waals surface area contributed by atoms with Crippen LogP contribution in [0.15, 0.2) is 40.8 Å². The molecule has 1 heterocycles. The molecule has 0 amide bonds. The van der Waals surface area contributed by atoms with Gasteiger partial charge in [-0.3, -0.25) is 14.8 Å². The van der Waals surface area contributed by atoms with E-state index in [1.54, 1.807) is 12.4 Å². The summed E-state index contributed by atoms with van der Waals surface area (Å²) in [6, 6.07) is 3.84. The van der Waals surface area contributed by atoms with E-state index in [4.69, 9.17) is 0 Å². The summed E-state index contributed by atoms with van der Waals surface area (Å²) < 4.78 is 0. The molecular formula is C15H20N2O. The van der Waals surface area contributed by atoms with Crippen LogP contribution in [0.1, 0.15) is 46.1 Å². The van der Waals surface area contributed by atoms with Crippen LogP contribution in [-0.4, -0.2) is 16.5 Å². The topological polar surface area (TPSA) is 42.3 Å². The van der Waals surface area contributed by atoms with Gasteiger partial charge in [-0.1, -0.05) is 13.0 Å². The highest BCUT2D eigenvalue weighted by Crippen LogP contribution is 2.11. The minimum Gasteiger partial charge on any atom is -0.294 e. The molecule has 3 heteroatoms. The largest absolute Gasteiger partial charge is 0.294 e. The third kappa shape index (κ3) is 3.91. The lowest BCUT2D eigenvalue weighted by Crippen LogP contribution is -2.02. The molecule has 3 nitrogen and oxygen atoms in total. The quantitative estimate of drug-likeness (QED) is 0.587. The Bertz CT molecular complexity index is 473. The minimum atomic E-state index is 0.178. The second-order valence-corrected chi connectivity index (χ2v) is 4.32. The Morgan fingerprint density at radius 1 is 1.33 bits per heavy atom. The van der Waals surface area contributed by atoms with Crippen LogP contribution in [0.4, 0.5) is 0 Å². The summed E-state index contributed by atoms with van der Waals surface area (Å²) in [7, 11) is 0. The van der Waals surface area contributed by atoms with Crippen LogP contribution >= 0.6 is 0 Å². The number of nitrogens with zero attached hydrogens (tertiary/aromatic N) is 2. The van der Waals surface area contributed by atoms with E-state index in [1.165, 1.54) is 0 Å². The summed E-state index contributed by atoms with van der Waals surface area (Å²) >= 11 is 0. The van der Waals surface area contributed by atoms with Gasteiger partial charge in [0, 0.05) is 41.4 Å². The monoisotopic (exact) mass is 244 g/mol. The highest BCUT2D eigenvalue weighted by atomic mass is 16.1. The molecular weight excluding hydrogens is 224 g/mol. The Morgan fingerprint density at radius 2 is 2.06 bits per heavy atom. The van der Waals surface area contributed by atoms with Gasteiger partial charge in [-0.25, -0.2) is 0 Å². The van der Waals surface area contributed by atoms with E-state index in [2.05, 4.69) is 9.98 Å². The van der Waals surface area contributed by atoms with Crippen LogP contribution in [-0.2, 0) is 4.79 Å². The molecule has 96 valence electrons. The Balaban J connectivity index is 2.95. The van der Waals surface area contributed by atoms with E-state index in [0.717, 1.165) is 29.0 Å². The Hall–Kier alpha value is -1.77. The number of carbonyl (C=O) groups excluding carboxylic acids is 1. The van der Waals surface area contributed by atoms with Crippen molar-refractivity contribution in [2.75, 3.05) is 0 Å². The zero-order valence-electron chi connectivity index (χ0n) is 11.5. The van der Waals surface area contributed by atoms with Gasteiger partial charge >= 0.3 is 0 Å². The molecule has 18 heavy (non-hydrogen) atoms. The van der Waals surface area contributed by atoms with E-state index in [1.807, 2.05) is 39.8 Å². The summed E-state index contributed by atoms with van der Waals surface area (Å²) in [5, 5.41) is 0. The van der Waals surface area contributed by atoms with Crippen molar-refractivity contribution in [2.45, 2.75) is 40.5 Å². The molecule has 0 aromatic carbocycles. The highest BCUT2D eigenvalue weighted by molar-refractivity contribution is 6.00. The van der Waals surface area contributed by atoms with Crippen LogP contribution in [0, 0.1) is 0 Å². The molecule has 0 saturated heterocycles. The summed E-state index contributed by atoms with van der Waals surface area (Å²) in [6.07, 6.45) is 4.96. The molecule has 0 radical (unpaired) electrons. The van der Waals surface area contributed by atoms with Crippen LogP contribution in [0.2, 0.25) is 0 Å². The fourth-order valence-electron chi connectivity index (χ4n) is 1.59. The van der Waals surface area contributed by atoms with Gasteiger partial charge in [0.05, 0.1) is 0 Å². The highest BCUT2D eigenvalue weighted by Gasteiger charge is 2.07. The van der Waals surface area contributed by atoms with Crippen LogP contribution < -0.4 is 0 Å². The second kappa shape index (κ2) is 6.84. The first kappa shape index (κ1) is 14.3. The van der Waals surface area contributed by atoms with E-state index < -0.39 is 0 Å². The smallest absolute Gasteiger partial charge is 0.160 e. The Labute approximate surface area is 109 Å². The molecule has 1 aromatic rings. The van der Waals surface area contributed by atoms with Gasteiger partial charge in [-0.2, -0.15) is 0 Å². The first-order valence-electron chi connectivity index (χ1n) is 6.22. The second-order valence-electron chi connectivity index (χ2n) is 4.32. The van der Waals surface area contributed by atoms with Crippen LogP contribution in [0.5, 0.6) is 0 Å². The number of carbonyl (C=O) groups is 1. The van der Waals surface area contributed by atoms with E-state index in [-0.39, 0.29) is 5.78 Å². The third-order valence-corrected chi connectivity index (χ3v) is 2.85. The first-order chi connectivity index (χ1) is 8.56. The number of allylic oxidation sites excluding steroid dienone is 2. The zero-order chi connectivity index (χ0) is 13.5. The molecule has 1 aromatic heterocycles. The average molecular weight is 244 g/mol. The molecule has 0 aliphatic heterocycles. The maximum Gasteiger partial charge on any atom is 0.160 e. The molecule has 0 unspecified atom stereocenters. The molecule has 0 spiro atoms. The zero-order valence-corrected chi connectivity index (χ0v) is 11.5. The predicted octanol–water partition coefficient (Wildman–Crippen LogP) is 3.55. The van der Waals surface area contributed by atoms with E-state index in [9.17, 15) is 4.79 Å². The van der Waals surface area contributed by atoms with Crippen molar-refractivity contribution in [1.82, 2.24) is 4.98 Å². The summed E-state index contributed by atoms with van der Waals surface area (Å²) in [4.78, 5) is 20.3. The number of aliphatic imine (C=N–C) groups is 1. The molecule has 1 rings (SSSR count). The minimum absolute atomic E-state index is 0.178. The van der Waals surface area contributed by atoms with Crippen LogP contribution in [0.3, 0.4) is 0 Å². The average Bonchev–Trinajstić information content (AvgIpc) is 2.39. The number of rotatable bonds is 5. The van der Waals surface area contributed by atoms with Crippen molar-refractivity contribution in [3.63, 3.8) is 0 Å². The Morgan fingerprint density at radius 3 is 2.61 bits per heavy atom. The number of ketones is 1. The number of Topliss-reactive ketones (excluding diaryl/α,β-unsaturated/α-hetero) is 1. The van der Waals surface area contributed by atoms with E-state index in [0.29, 0.717) is 6.42 Å². The molecule has 0 N–H and O–H groups in total. The van der Waals surface area contributed by atoms with Gasteiger partial charge in [0.15, 0.2) is 5.78 Å². The molecule has 0 atom stereocenters. The van der Waals surface area contributed by atoms with Crippen molar-refractivity contribution < 1.29 is 4.79 Å². The van der Waals surface area contributed by atoms with Crippen molar-refractivity contribution in [2.24, 2.45) is 4.99 Å².